The number of carboxylic acids is 1. The Labute approximate surface area is 186 Å². The first-order chi connectivity index (χ1) is 15.2. The predicted molar refractivity (Wildman–Crippen MR) is 117 cm³/mol. The van der Waals surface area contributed by atoms with Crippen LogP contribution in [0.5, 0.6) is 0 Å². The number of aliphatic carboxylic acids is 1. The maximum absolute atomic E-state index is 12.3. The zero-order valence-electron chi connectivity index (χ0n) is 17.4. The Morgan fingerprint density at radius 3 is 2.19 bits per heavy atom. The quantitative estimate of drug-likeness (QED) is 0.458. The molecule has 0 radical (unpaired) electrons. The number of unbranched alkanes of at least 4 members (excludes halogenated alkanes) is 1. The number of amides is 2. The van der Waals surface area contributed by atoms with Crippen LogP contribution in [-0.4, -0.2) is 48.7 Å². The zero-order valence-corrected chi connectivity index (χ0v) is 18.2. The van der Waals surface area contributed by atoms with Crippen molar-refractivity contribution in [3.8, 4) is 0 Å². The Balaban J connectivity index is 1.38. The van der Waals surface area contributed by atoms with Gasteiger partial charge in [0.1, 0.15) is 0 Å². The molecule has 10 heteroatoms. The molecule has 2 amide bonds. The highest BCUT2D eigenvalue weighted by molar-refractivity contribution is 7.88. The number of carbonyl (C=O) groups excluding carboxylic acids is 2. The summed E-state index contributed by atoms with van der Waals surface area (Å²) >= 11 is 0. The van der Waals surface area contributed by atoms with E-state index in [-0.39, 0.29) is 25.4 Å². The van der Waals surface area contributed by atoms with E-state index in [1.165, 1.54) is 0 Å². The third-order valence-corrected chi connectivity index (χ3v) is 6.46. The molecule has 170 valence electrons. The third kappa shape index (κ3) is 6.63. The lowest BCUT2D eigenvalue weighted by atomic mass is 10.0. The van der Waals surface area contributed by atoms with Gasteiger partial charge in [-0.3, -0.25) is 14.4 Å². The van der Waals surface area contributed by atoms with Gasteiger partial charge in [0.25, 0.3) is 5.91 Å². The van der Waals surface area contributed by atoms with Crippen molar-refractivity contribution >= 4 is 28.0 Å². The molecule has 0 atom stereocenters. The molecule has 1 saturated heterocycles. The summed E-state index contributed by atoms with van der Waals surface area (Å²) in [6.07, 6.45) is 2.54. The molecule has 3 rings (SSSR count). The first kappa shape index (κ1) is 23.4. The molecule has 1 aliphatic heterocycles. The lowest BCUT2D eigenvalue weighted by Crippen LogP contribution is -2.29. The van der Waals surface area contributed by atoms with E-state index in [1.807, 2.05) is 29.0 Å². The van der Waals surface area contributed by atoms with Gasteiger partial charge < -0.3 is 10.4 Å². The highest BCUT2D eigenvalue weighted by Gasteiger charge is 2.33. The largest absolute Gasteiger partial charge is 0.481 e. The van der Waals surface area contributed by atoms with Crippen molar-refractivity contribution in [1.29, 1.82) is 0 Å². The van der Waals surface area contributed by atoms with Gasteiger partial charge in [-0.2, -0.15) is 12.7 Å². The summed E-state index contributed by atoms with van der Waals surface area (Å²) in [4.78, 5) is 34.3. The van der Waals surface area contributed by atoms with E-state index in [4.69, 9.17) is 5.11 Å². The number of rotatable bonds is 10. The summed E-state index contributed by atoms with van der Waals surface area (Å²) in [5, 5.41) is 11.7. The van der Waals surface area contributed by atoms with E-state index in [2.05, 4.69) is 5.32 Å². The molecule has 1 heterocycles. The van der Waals surface area contributed by atoms with Gasteiger partial charge in [-0.05, 0) is 48.1 Å². The minimum atomic E-state index is -3.77. The molecule has 0 aromatic heterocycles. The molecule has 2 aromatic rings. The normalized spacial score (nSPS) is 15.3. The van der Waals surface area contributed by atoms with Crippen LogP contribution in [0.3, 0.4) is 0 Å². The van der Waals surface area contributed by atoms with E-state index in [1.54, 1.807) is 24.3 Å². The number of hydrogen-bond donors (Lipinski definition) is 3. The average molecular weight is 460 g/mol. The molecule has 0 aliphatic carbocycles. The van der Waals surface area contributed by atoms with Crippen LogP contribution in [0.15, 0.2) is 48.5 Å². The number of carboxylic acid groups (broad SMARTS) is 1. The smallest absolute Gasteiger partial charge is 0.307 e. The van der Waals surface area contributed by atoms with Crippen LogP contribution in [0.25, 0.3) is 0 Å². The number of carbonyl (C=O) groups is 3. The van der Waals surface area contributed by atoms with Crippen molar-refractivity contribution in [2.45, 2.75) is 32.2 Å². The number of benzene rings is 2. The molecular formula is C22H25N3O6S. The second-order valence-corrected chi connectivity index (χ2v) is 9.27. The second kappa shape index (κ2) is 10.4. The highest BCUT2D eigenvalue weighted by Crippen LogP contribution is 2.13. The van der Waals surface area contributed by atoms with Crippen molar-refractivity contribution in [3.63, 3.8) is 0 Å². The maximum atomic E-state index is 12.3. The molecule has 32 heavy (non-hydrogen) atoms. The van der Waals surface area contributed by atoms with Crippen LogP contribution < -0.4 is 10.0 Å². The van der Waals surface area contributed by atoms with Crippen LogP contribution in [0.1, 0.15) is 39.9 Å². The molecule has 0 unspecified atom stereocenters. The predicted octanol–water partition coefficient (Wildman–Crippen LogP) is 1.24. The molecule has 9 nitrogen and oxygen atoms in total. The molecular weight excluding hydrogens is 434 g/mol. The van der Waals surface area contributed by atoms with Gasteiger partial charge in [-0.15, -0.1) is 0 Å². The van der Waals surface area contributed by atoms with Gasteiger partial charge in [-0.1, -0.05) is 36.4 Å². The van der Waals surface area contributed by atoms with Crippen LogP contribution in [0, 0.1) is 0 Å². The van der Waals surface area contributed by atoms with E-state index in [9.17, 15) is 22.8 Å². The molecule has 0 spiro atoms. The topological polar surface area (TPSA) is 133 Å². The lowest BCUT2D eigenvalue weighted by Gasteiger charge is -2.12. The van der Waals surface area contributed by atoms with E-state index in [0.717, 1.165) is 34.7 Å². The Hall–Kier alpha value is -3.24. The second-order valence-electron chi connectivity index (χ2n) is 7.60. The van der Waals surface area contributed by atoms with Crippen molar-refractivity contribution in [3.05, 3.63) is 70.8 Å². The fourth-order valence-corrected chi connectivity index (χ4v) is 4.44. The minimum absolute atomic E-state index is 0.0154. The summed E-state index contributed by atoms with van der Waals surface area (Å²) in [5.74, 6) is -1.62. The summed E-state index contributed by atoms with van der Waals surface area (Å²) in [7, 11) is -3.77. The fraction of sp³-hybridized carbons (Fsp3) is 0.318. The minimum Gasteiger partial charge on any atom is -0.481 e. The Morgan fingerprint density at radius 2 is 1.59 bits per heavy atom. The molecule has 0 saturated carbocycles. The summed E-state index contributed by atoms with van der Waals surface area (Å²) in [5.41, 5.74) is 3.04. The Bertz CT molecular complexity index is 1080. The van der Waals surface area contributed by atoms with E-state index < -0.39 is 22.1 Å². The van der Waals surface area contributed by atoms with Crippen LogP contribution in [-0.2, 0) is 39.2 Å². The number of aryl methyl sites for hydroxylation is 1. The van der Waals surface area contributed by atoms with Crippen LogP contribution in [0.2, 0.25) is 0 Å². The van der Waals surface area contributed by atoms with Gasteiger partial charge >= 0.3 is 16.2 Å². The molecule has 1 fully saturated rings. The Morgan fingerprint density at radius 1 is 0.969 bits per heavy atom. The van der Waals surface area contributed by atoms with E-state index >= 15 is 0 Å². The summed E-state index contributed by atoms with van der Waals surface area (Å²) in [6, 6.07) is 14.1. The summed E-state index contributed by atoms with van der Waals surface area (Å²) in [6.45, 7) is 0.370. The first-order valence-electron chi connectivity index (χ1n) is 10.2. The highest BCUT2D eigenvalue weighted by atomic mass is 32.2. The zero-order chi connectivity index (χ0) is 23.1. The monoisotopic (exact) mass is 459 g/mol. The molecule has 3 N–H and O–H groups in total. The number of nitrogens with zero attached hydrogens (tertiary/aromatic N) is 1. The third-order valence-electron chi connectivity index (χ3n) is 5.03. The standard InChI is InChI=1S/C22H25N3O6S/c26-20-15-25(32(30,31)24-20)14-18-8-10-19(11-9-18)22(29)23-12-2-1-3-16-4-6-17(7-5-16)13-21(27)28/h4-11H,1-3,12-15H2,(H,23,29)(H,24,26)(H,27,28). The number of nitrogens with one attached hydrogen (secondary N) is 2. The molecule has 1 aliphatic rings. The molecule has 2 aromatic carbocycles. The Kier molecular flexibility index (Phi) is 7.60. The van der Waals surface area contributed by atoms with Gasteiger partial charge in [0.15, 0.2) is 0 Å². The fourth-order valence-electron chi connectivity index (χ4n) is 3.35. The van der Waals surface area contributed by atoms with Gasteiger partial charge in [0.2, 0.25) is 5.91 Å². The summed E-state index contributed by atoms with van der Waals surface area (Å²) < 4.78 is 26.5. The van der Waals surface area contributed by atoms with Gasteiger partial charge in [0, 0.05) is 18.7 Å². The SMILES string of the molecule is O=C(O)Cc1ccc(CCCCNC(=O)c2ccc(CN3CC(=O)NS3(=O)=O)cc2)cc1. The average Bonchev–Trinajstić information content (AvgIpc) is 2.99. The lowest BCUT2D eigenvalue weighted by molar-refractivity contribution is -0.136. The van der Waals surface area contributed by atoms with Gasteiger partial charge in [0.05, 0.1) is 13.0 Å². The van der Waals surface area contributed by atoms with Crippen molar-refractivity contribution in [1.82, 2.24) is 14.3 Å². The maximum Gasteiger partial charge on any atom is 0.307 e. The van der Waals surface area contributed by atoms with Gasteiger partial charge in [-0.25, -0.2) is 4.72 Å². The van der Waals surface area contributed by atoms with Crippen LogP contribution in [0.4, 0.5) is 0 Å². The van der Waals surface area contributed by atoms with E-state index in [0.29, 0.717) is 17.7 Å². The first-order valence-corrected chi connectivity index (χ1v) is 11.6. The number of hydrogen-bond acceptors (Lipinski definition) is 5. The van der Waals surface area contributed by atoms with Crippen molar-refractivity contribution < 1.29 is 27.9 Å². The van der Waals surface area contributed by atoms with Crippen LogP contribution >= 0.6 is 0 Å². The molecule has 0 bridgehead atoms. The van der Waals surface area contributed by atoms with Crippen molar-refractivity contribution in [2.75, 3.05) is 13.1 Å². The van der Waals surface area contributed by atoms with Crippen molar-refractivity contribution in [2.24, 2.45) is 0 Å².